The fourth-order valence-electron chi connectivity index (χ4n) is 3.42. The molecule has 1 amide bonds. The van der Waals surface area contributed by atoms with Gasteiger partial charge in [-0.2, -0.15) is 11.8 Å². The van der Waals surface area contributed by atoms with Gasteiger partial charge in [-0.1, -0.05) is 19.3 Å². The van der Waals surface area contributed by atoms with E-state index in [0.29, 0.717) is 13.0 Å². The van der Waals surface area contributed by atoms with Gasteiger partial charge in [0.05, 0.1) is 11.8 Å². The molecule has 5 heteroatoms. The quantitative estimate of drug-likeness (QED) is 0.813. The van der Waals surface area contributed by atoms with Gasteiger partial charge >= 0.3 is 5.97 Å². The Balaban J connectivity index is 1.88. The van der Waals surface area contributed by atoms with Crippen LogP contribution in [0.15, 0.2) is 0 Å². The van der Waals surface area contributed by atoms with Crippen LogP contribution in [0.3, 0.4) is 0 Å². The molecule has 19 heavy (non-hydrogen) atoms. The van der Waals surface area contributed by atoms with Crippen LogP contribution in [0.4, 0.5) is 0 Å². The number of nitrogens with one attached hydrogen (secondary N) is 1. The maximum absolute atomic E-state index is 12.2. The molecule has 2 N–H and O–H groups in total. The van der Waals surface area contributed by atoms with Crippen molar-refractivity contribution < 1.29 is 14.7 Å². The highest BCUT2D eigenvalue weighted by Crippen LogP contribution is 2.40. The van der Waals surface area contributed by atoms with Crippen molar-refractivity contribution in [2.75, 3.05) is 12.8 Å². The van der Waals surface area contributed by atoms with E-state index in [1.807, 2.05) is 11.8 Å². The minimum atomic E-state index is -0.821. The van der Waals surface area contributed by atoms with Crippen LogP contribution in [0.2, 0.25) is 0 Å². The summed E-state index contributed by atoms with van der Waals surface area (Å²) in [6.07, 6.45) is 9.09. The maximum Gasteiger partial charge on any atom is 0.307 e. The lowest BCUT2D eigenvalue weighted by molar-refractivity contribution is -0.146. The number of hydrogen-bond acceptors (Lipinski definition) is 3. The number of carboxylic acids is 1. The molecular weight excluding hydrogens is 262 g/mol. The van der Waals surface area contributed by atoms with E-state index in [-0.39, 0.29) is 16.6 Å². The van der Waals surface area contributed by atoms with Crippen LogP contribution in [-0.4, -0.2) is 34.5 Å². The highest BCUT2D eigenvalue weighted by atomic mass is 32.2. The molecule has 2 aliphatic rings. The summed E-state index contributed by atoms with van der Waals surface area (Å²) in [6, 6.07) is 0. The summed E-state index contributed by atoms with van der Waals surface area (Å²) in [6.45, 7) is 0.690. The number of aliphatic carboxylic acids is 1. The fourth-order valence-corrected chi connectivity index (χ4v) is 4.33. The predicted molar refractivity (Wildman–Crippen MR) is 76.2 cm³/mol. The van der Waals surface area contributed by atoms with E-state index in [4.69, 9.17) is 5.11 Å². The second-order valence-electron chi connectivity index (χ2n) is 5.79. The number of carbonyl (C=O) groups is 2. The number of thioether (sulfide) groups is 1. The second kappa shape index (κ2) is 6.16. The fraction of sp³-hybridized carbons (Fsp3) is 0.857. The zero-order chi connectivity index (χ0) is 13.9. The van der Waals surface area contributed by atoms with Crippen LogP contribution in [0.1, 0.15) is 44.9 Å². The number of hydrogen-bond donors (Lipinski definition) is 2. The Hall–Kier alpha value is -0.710. The van der Waals surface area contributed by atoms with Gasteiger partial charge in [0.25, 0.3) is 0 Å². The second-order valence-corrected chi connectivity index (χ2v) is 7.07. The first-order valence-electron chi connectivity index (χ1n) is 7.14. The molecule has 2 saturated carbocycles. The molecule has 2 unspecified atom stereocenters. The number of rotatable bonds is 5. The lowest BCUT2D eigenvalue weighted by Crippen LogP contribution is -2.42. The Kier molecular flexibility index (Phi) is 4.76. The average Bonchev–Trinajstić information content (AvgIpc) is 3.05. The molecule has 2 fully saturated rings. The minimum Gasteiger partial charge on any atom is -0.481 e. The van der Waals surface area contributed by atoms with Crippen molar-refractivity contribution in [1.29, 1.82) is 0 Å². The lowest BCUT2D eigenvalue weighted by Gasteiger charge is -2.28. The third kappa shape index (κ3) is 3.25. The molecule has 0 radical (unpaired) electrons. The van der Waals surface area contributed by atoms with Crippen molar-refractivity contribution >= 4 is 23.6 Å². The molecule has 108 valence electrons. The summed E-state index contributed by atoms with van der Waals surface area (Å²) in [5, 5.41) is 12.1. The molecule has 2 aliphatic carbocycles. The third-order valence-electron chi connectivity index (χ3n) is 4.70. The predicted octanol–water partition coefficient (Wildman–Crippen LogP) is 2.28. The Labute approximate surface area is 118 Å². The van der Waals surface area contributed by atoms with Gasteiger partial charge in [-0.05, 0) is 31.9 Å². The van der Waals surface area contributed by atoms with Crippen LogP contribution in [0.25, 0.3) is 0 Å². The molecule has 4 nitrogen and oxygen atoms in total. The van der Waals surface area contributed by atoms with Crippen LogP contribution < -0.4 is 5.32 Å². The first-order chi connectivity index (χ1) is 9.08. The van der Waals surface area contributed by atoms with Gasteiger partial charge in [0.15, 0.2) is 0 Å². The van der Waals surface area contributed by atoms with E-state index in [1.54, 1.807) is 0 Å². The van der Waals surface area contributed by atoms with Gasteiger partial charge in [-0.15, -0.1) is 0 Å². The molecule has 0 saturated heterocycles. The van der Waals surface area contributed by atoms with Gasteiger partial charge in [0.2, 0.25) is 5.91 Å². The summed E-state index contributed by atoms with van der Waals surface area (Å²) in [5.74, 6) is -1.67. The number of amides is 1. The Bertz CT molecular complexity index is 353. The Morgan fingerprint density at radius 3 is 2.42 bits per heavy atom. The maximum atomic E-state index is 12.2. The molecule has 0 aromatic carbocycles. The highest BCUT2D eigenvalue weighted by Gasteiger charge is 2.39. The molecular formula is C14H23NO3S. The minimum absolute atomic E-state index is 0.0507. The summed E-state index contributed by atoms with van der Waals surface area (Å²) in [5.41, 5.74) is 0. The Morgan fingerprint density at radius 1 is 1.21 bits per heavy atom. The van der Waals surface area contributed by atoms with Gasteiger partial charge in [-0.3, -0.25) is 9.59 Å². The average molecular weight is 285 g/mol. The molecule has 0 aromatic rings. The van der Waals surface area contributed by atoms with E-state index in [1.165, 1.54) is 12.8 Å². The van der Waals surface area contributed by atoms with E-state index >= 15 is 0 Å². The van der Waals surface area contributed by atoms with E-state index in [2.05, 4.69) is 11.6 Å². The summed E-state index contributed by atoms with van der Waals surface area (Å²) >= 11 is 1.84. The Morgan fingerprint density at radius 2 is 1.84 bits per heavy atom. The molecule has 0 aromatic heterocycles. The monoisotopic (exact) mass is 285 g/mol. The van der Waals surface area contributed by atoms with Gasteiger partial charge in [0, 0.05) is 11.3 Å². The topological polar surface area (TPSA) is 66.4 Å². The molecule has 0 bridgehead atoms. The van der Waals surface area contributed by atoms with Gasteiger partial charge in [-0.25, -0.2) is 0 Å². The smallest absolute Gasteiger partial charge is 0.307 e. The van der Waals surface area contributed by atoms with Crippen molar-refractivity contribution in [3.05, 3.63) is 0 Å². The van der Waals surface area contributed by atoms with Crippen molar-refractivity contribution in [2.45, 2.75) is 49.7 Å². The summed E-state index contributed by atoms with van der Waals surface area (Å²) in [7, 11) is 0. The van der Waals surface area contributed by atoms with Crippen molar-refractivity contribution in [1.82, 2.24) is 5.32 Å². The SMILES string of the molecule is CSC1(CNC(=O)C2CCCC2C(=O)O)CCCC1. The molecule has 0 aliphatic heterocycles. The van der Waals surface area contributed by atoms with E-state index in [9.17, 15) is 9.59 Å². The van der Waals surface area contributed by atoms with Crippen LogP contribution in [0, 0.1) is 11.8 Å². The standard InChI is InChI=1S/C14H23NO3S/c1-19-14(7-2-3-8-14)9-15-12(16)10-5-4-6-11(10)13(17)18/h10-11H,2-9H2,1H3,(H,15,16)(H,17,18). The first kappa shape index (κ1) is 14.7. The normalized spacial score (nSPS) is 29.3. The zero-order valence-corrected chi connectivity index (χ0v) is 12.3. The van der Waals surface area contributed by atoms with Crippen molar-refractivity contribution in [3.8, 4) is 0 Å². The molecule has 0 heterocycles. The lowest BCUT2D eigenvalue weighted by atomic mass is 9.95. The zero-order valence-electron chi connectivity index (χ0n) is 11.5. The van der Waals surface area contributed by atoms with Crippen molar-refractivity contribution in [3.63, 3.8) is 0 Å². The van der Waals surface area contributed by atoms with Gasteiger partial charge in [0.1, 0.15) is 0 Å². The first-order valence-corrected chi connectivity index (χ1v) is 8.36. The summed E-state index contributed by atoms with van der Waals surface area (Å²) in [4.78, 5) is 23.3. The molecule has 2 atom stereocenters. The van der Waals surface area contributed by atoms with Gasteiger partial charge < -0.3 is 10.4 Å². The molecule has 0 spiro atoms. The summed E-state index contributed by atoms with van der Waals surface area (Å²) < 4.78 is 0.187. The van der Waals surface area contributed by atoms with Crippen LogP contribution in [0.5, 0.6) is 0 Å². The van der Waals surface area contributed by atoms with E-state index < -0.39 is 11.9 Å². The van der Waals surface area contributed by atoms with Crippen molar-refractivity contribution in [2.24, 2.45) is 11.8 Å². The highest BCUT2D eigenvalue weighted by molar-refractivity contribution is 8.00. The largest absolute Gasteiger partial charge is 0.481 e. The third-order valence-corrected chi connectivity index (χ3v) is 6.12. The number of carboxylic acid groups (broad SMARTS) is 1. The van der Waals surface area contributed by atoms with E-state index in [0.717, 1.165) is 25.7 Å². The molecule has 2 rings (SSSR count). The number of carbonyl (C=O) groups excluding carboxylic acids is 1. The van der Waals surface area contributed by atoms with Crippen LogP contribution >= 0.6 is 11.8 Å². The van der Waals surface area contributed by atoms with Crippen LogP contribution in [-0.2, 0) is 9.59 Å².